The van der Waals surface area contributed by atoms with Gasteiger partial charge in [0.05, 0.1) is 21.7 Å². The van der Waals surface area contributed by atoms with Crippen LogP contribution in [0.4, 0.5) is 0 Å². The van der Waals surface area contributed by atoms with E-state index in [0.29, 0.717) is 11.8 Å². The number of halogens is 3. The van der Waals surface area contributed by atoms with Crippen LogP contribution < -0.4 is 4.74 Å². The van der Waals surface area contributed by atoms with Crippen LogP contribution in [-0.2, 0) is 9.53 Å². The zero-order valence-corrected chi connectivity index (χ0v) is 16.0. The molecule has 132 valence electrons. The molecule has 0 saturated heterocycles. The largest absolute Gasteiger partial charge is 0.461 e. The molecule has 2 rings (SSSR count). The fourth-order valence-corrected chi connectivity index (χ4v) is 4.42. The third-order valence-corrected chi connectivity index (χ3v) is 6.03. The van der Waals surface area contributed by atoms with Crippen LogP contribution in [0.3, 0.4) is 0 Å². The molecule has 4 nitrogen and oxygen atoms in total. The van der Waals surface area contributed by atoms with E-state index in [1.165, 1.54) is 6.07 Å². The Hall–Kier alpha value is -0.970. The van der Waals surface area contributed by atoms with Crippen molar-refractivity contribution in [3.05, 3.63) is 26.7 Å². The Bertz CT molecular complexity index is 650. The quantitative estimate of drug-likeness (QED) is 0.353. The van der Waals surface area contributed by atoms with Gasteiger partial charge in [0.1, 0.15) is 5.56 Å². The Labute approximate surface area is 156 Å². The SMILES string of the molecule is CCC1C(CC)C1(C)COC(=O)c1c(Cl)c(Cl)cc(Cl)c1OC=O. The first kappa shape index (κ1) is 19.4. The van der Waals surface area contributed by atoms with Crippen LogP contribution in [-0.4, -0.2) is 19.0 Å². The summed E-state index contributed by atoms with van der Waals surface area (Å²) in [5, 5.41) is 0.0456. The van der Waals surface area contributed by atoms with Crippen LogP contribution in [0.25, 0.3) is 0 Å². The maximum Gasteiger partial charge on any atom is 0.343 e. The van der Waals surface area contributed by atoms with E-state index in [2.05, 4.69) is 20.8 Å². The molecule has 1 aromatic rings. The second-order valence-corrected chi connectivity index (χ2v) is 7.38. The van der Waals surface area contributed by atoms with Crippen molar-refractivity contribution in [3.63, 3.8) is 0 Å². The number of ether oxygens (including phenoxy) is 2. The Kier molecular flexibility index (Phi) is 6.05. The summed E-state index contributed by atoms with van der Waals surface area (Å²) in [5.41, 5.74) is -0.175. The standard InChI is InChI=1S/C17H19Cl3O4/c1-4-9-10(5-2)17(9,3)7-23-16(22)13-14(20)11(18)6-12(19)15(13)24-8-21/h6,8-10H,4-5,7H2,1-3H3. The highest BCUT2D eigenvalue weighted by Crippen LogP contribution is 2.62. The lowest BCUT2D eigenvalue weighted by Gasteiger charge is -2.15. The third kappa shape index (κ3) is 3.37. The molecule has 7 heteroatoms. The summed E-state index contributed by atoms with van der Waals surface area (Å²) in [6.45, 7) is 6.81. The zero-order valence-electron chi connectivity index (χ0n) is 13.7. The van der Waals surface area contributed by atoms with E-state index in [1.807, 2.05) is 0 Å². The summed E-state index contributed by atoms with van der Waals surface area (Å²) in [6, 6.07) is 1.31. The molecule has 2 atom stereocenters. The van der Waals surface area contributed by atoms with Crippen molar-refractivity contribution in [1.82, 2.24) is 0 Å². The molecule has 1 aliphatic rings. The lowest BCUT2D eigenvalue weighted by molar-refractivity contribution is -0.120. The van der Waals surface area contributed by atoms with Crippen molar-refractivity contribution in [2.45, 2.75) is 33.6 Å². The normalized spacial score (nSPS) is 25.2. The molecule has 1 fully saturated rings. The van der Waals surface area contributed by atoms with Gasteiger partial charge in [-0.05, 0) is 17.9 Å². The number of carbonyl (C=O) groups is 2. The molecule has 0 bridgehead atoms. The van der Waals surface area contributed by atoms with Crippen LogP contribution in [0.5, 0.6) is 5.75 Å². The lowest BCUT2D eigenvalue weighted by Crippen LogP contribution is -2.17. The van der Waals surface area contributed by atoms with Gasteiger partial charge in [0.2, 0.25) is 0 Å². The van der Waals surface area contributed by atoms with Crippen molar-refractivity contribution in [1.29, 1.82) is 0 Å². The van der Waals surface area contributed by atoms with Crippen molar-refractivity contribution in [2.75, 3.05) is 6.61 Å². The first-order chi connectivity index (χ1) is 11.3. The highest BCUT2D eigenvalue weighted by Gasteiger charge is 2.59. The topological polar surface area (TPSA) is 52.6 Å². The highest BCUT2D eigenvalue weighted by atomic mass is 35.5. The molecule has 1 aromatic carbocycles. The van der Waals surface area contributed by atoms with E-state index in [-0.39, 0.29) is 44.9 Å². The Balaban J connectivity index is 2.23. The molecular weight excluding hydrogens is 375 g/mol. The van der Waals surface area contributed by atoms with Crippen molar-refractivity contribution < 1.29 is 19.1 Å². The summed E-state index contributed by atoms with van der Waals surface area (Å²) in [7, 11) is 0. The van der Waals surface area contributed by atoms with Gasteiger partial charge in [-0.3, -0.25) is 4.79 Å². The summed E-state index contributed by atoms with van der Waals surface area (Å²) in [5.74, 6) is 0.198. The smallest absolute Gasteiger partial charge is 0.343 e. The number of carbonyl (C=O) groups excluding carboxylic acids is 2. The van der Waals surface area contributed by atoms with Gasteiger partial charge in [-0.1, -0.05) is 68.4 Å². The molecule has 0 spiro atoms. The minimum absolute atomic E-state index is 0.0129. The van der Waals surface area contributed by atoms with Crippen molar-refractivity contribution >= 4 is 47.2 Å². The summed E-state index contributed by atoms with van der Waals surface area (Å²) in [4.78, 5) is 23.2. The summed E-state index contributed by atoms with van der Waals surface area (Å²) >= 11 is 18.0. The fourth-order valence-electron chi connectivity index (χ4n) is 3.70. The second-order valence-electron chi connectivity index (χ2n) is 6.18. The lowest BCUT2D eigenvalue weighted by atomic mass is 10.1. The molecule has 24 heavy (non-hydrogen) atoms. The molecule has 0 aliphatic heterocycles. The van der Waals surface area contributed by atoms with Crippen LogP contribution in [0.15, 0.2) is 6.07 Å². The number of rotatable bonds is 7. The summed E-state index contributed by atoms with van der Waals surface area (Å²) in [6.07, 6.45) is 2.08. The number of benzene rings is 1. The third-order valence-electron chi connectivity index (χ3n) is 4.96. The average molecular weight is 394 g/mol. The summed E-state index contributed by atoms with van der Waals surface area (Å²) < 4.78 is 10.3. The predicted octanol–water partition coefficient (Wildman–Crippen LogP) is 5.41. The maximum absolute atomic E-state index is 12.5. The van der Waals surface area contributed by atoms with E-state index < -0.39 is 5.97 Å². The first-order valence-corrected chi connectivity index (χ1v) is 8.90. The van der Waals surface area contributed by atoms with Gasteiger partial charge in [-0.2, -0.15) is 0 Å². The molecular formula is C17H19Cl3O4. The molecule has 0 aromatic heterocycles. The van der Waals surface area contributed by atoms with Crippen LogP contribution in [0, 0.1) is 17.3 Å². The van der Waals surface area contributed by atoms with Gasteiger partial charge < -0.3 is 9.47 Å². The Morgan fingerprint density at radius 2 is 1.79 bits per heavy atom. The molecule has 1 aliphatic carbocycles. The van der Waals surface area contributed by atoms with Gasteiger partial charge in [0.15, 0.2) is 5.75 Å². The first-order valence-electron chi connectivity index (χ1n) is 7.76. The van der Waals surface area contributed by atoms with Gasteiger partial charge in [0.25, 0.3) is 6.47 Å². The Morgan fingerprint density at radius 3 is 2.29 bits per heavy atom. The molecule has 0 heterocycles. The van der Waals surface area contributed by atoms with Crippen LogP contribution >= 0.6 is 34.8 Å². The number of hydrogen-bond donors (Lipinski definition) is 0. The van der Waals surface area contributed by atoms with Crippen LogP contribution in [0.2, 0.25) is 15.1 Å². The minimum atomic E-state index is -0.709. The zero-order chi connectivity index (χ0) is 18.1. The molecule has 2 unspecified atom stereocenters. The second kappa shape index (κ2) is 7.51. The molecule has 0 radical (unpaired) electrons. The monoisotopic (exact) mass is 392 g/mol. The van der Waals surface area contributed by atoms with Crippen LogP contribution in [0.1, 0.15) is 44.0 Å². The van der Waals surface area contributed by atoms with Gasteiger partial charge in [-0.25, -0.2) is 4.79 Å². The molecule has 1 saturated carbocycles. The highest BCUT2D eigenvalue weighted by molar-refractivity contribution is 6.45. The number of hydrogen-bond acceptors (Lipinski definition) is 4. The van der Waals surface area contributed by atoms with E-state index in [0.717, 1.165) is 12.8 Å². The van der Waals surface area contributed by atoms with Crippen molar-refractivity contribution in [3.8, 4) is 5.75 Å². The van der Waals surface area contributed by atoms with Gasteiger partial charge >= 0.3 is 5.97 Å². The van der Waals surface area contributed by atoms with Gasteiger partial charge in [0, 0.05) is 5.41 Å². The number of esters is 1. The fraction of sp³-hybridized carbons (Fsp3) is 0.529. The average Bonchev–Trinajstić information content (AvgIpc) is 3.14. The molecule has 0 amide bonds. The van der Waals surface area contributed by atoms with E-state index in [1.54, 1.807) is 0 Å². The van der Waals surface area contributed by atoms with Gasteiger partial charge in [-0.15, -0.1) is 0 Å². The Morgan fingerprint density at radius 1 is 1.21 bits per heavy atom. The van der Waals surface area contributed by atoms with Crippen molar-refractivity contribution in [2.24, 2.45) is 17.3 Å². The van der Waals surface area contributed by atoms with E-state index in [9.17, 15) is 9.59 Å². The predicted molar refractivity (Wildman–Crippen MR) is 94.1 cm³/mol. The minimum Gasteiger partial charge on any atom is -0.461 e. The molecule has 0 N–H and O–H groups in total. The van der Waals surface area contributed by atoms with E-state index in [4.69, 9.17) is 44.3 Å². The van der Waals surface area contributed by atoms with E-state index >= 15 is 0 Å². The maximum atomic E-state index is 12.5.